The minimum absolute atomic E-state index is 0.326. The Bertz CT molecular complexity index is 369. The van der Waals surface area contributed by atoms with Crippen molar-refractivity contribution in [1.29, 1.82) is 0 Å². The van der Waals surface area contributed by atoms with Gasteiger partial charge in [-0.1, -0.05) is 34.8 Å². The van der Waals surface area contributed by atoms with Crippen molar-refractivity contribution in [3.63, 3.8) is 0 Å². The number of halogens is 1. The summed E-state index contributed by atoms with van der Waals surface area (Å²) >= 11 is 3.39. The number of aliphatic hydroxyl groups excluding tert-OH is 1. The second-order valence-electron chi connectivity index (χ2n) is 4.86. The Morgan fingerprint density at radius 1 is 1.44 bits per heavy atom. The van der Waals surface area contributed by atoms with Gasteiger partial charge in [0.05, 0.1) is 0 Å². The van der Waals surface area contributed by atoms with E-state index in [-0.39, 0.29) is 0 Å². The maximum atomic E-state index is 9.76. The Hall–Kier alpha value is -0.580. The molecule has 1 fully saturated rings. The summed E-state index contributed by atoms with van der Waals surface area (Å²) in [6.07, 6.45) is 3.55. The monoisotopic (exact) mass is 313 g/mol. The van der Waals surface area contributed by atoms with Gasteiger partial charge in [0.25, 0.3) is 0 Å². The van der Waals surface area contributed by atoms with Gasteiger partial charge in [0.15, 0.2) is 0 Å². The van der Waals surface area contributed by atoms with Crippen molar-refractivity contribution in [3.05, 3.63) is 28.7 Å². The highest BCUT2D eigenvalue weighted by atomic mass is 79.9. The fraction of sp³-hybridized carbons (Fsp3) is 0.571. The standard InChI is InChI=1S/C14H20BrNO2/c15-12-2-1-3-14(8-12)18-10-13(17)9-16-7-6-11-4-5-11/h1-3,8,11,13,16-17H,4-7,9-10H2. The number of rotatable bonds is 8. The molecule has 1 saturated carbocycles. The van der Waals surface area contributed by atoms with E-state index in [2.05, 4.69) is 21.2 Å². The Morgan fingerprint density at radius 3 is 3.00 bits per heavy atom. The van der Waals surface area contributed by atoms with Crippen molar-refractivity contribution in [2.24, 2.45) is 5.92 Å². The van der Waals surface area contributed by atoms with Crippen LogP contribution in [0.15, 0.2) is 28.7 Å². The summed E-state index contributed by atoms with van der Waals surface area (Å²) in [5.41, 5.74) is 0. The molecule has 18 heavy (non-hydrogen) atoms. The summed E-state index contributed by atoms with van der Waals surface area (Å²) in [6.45, 7) is 1.92. The molecule has 0 aliphatic heterocycles. The molecule has 0 spiro atoms. The predicted octanol–water partition coefficient (Wildman–Crippen LogP) is 2.58. The van der Waals surface area contributed by atoms with Crippen LogP contribution in [0.1, 0.15) is 19.3 Å². The van der Waals surface area contributed by atoms with Crippen molar-refractivity contribution in [2.45, 2.75) is 25.4 Å². The molecule has 1 aliphatic carbocycles. The number of hydrogen-bond donors (Lipinski definition) is 2. The van der Waals surface area contributed by atoms with Gasteiger partial charge in [-0.25, -0.2) is 0 Å². The summed E-state index contributed by atoms with van der Waals surface area (Å²) in [4.78, 5) is 0. The van der Waals surface area contributed by atoms with Crippen LogP contribution in [-0.2, 0) is 0 Å². The summed E-state index contributed by atoms with van der Waals surface area (Å²) in [7, 11) is 0. The third kappa shape index (κ3) is 5.38. The van der Waals surface area contributed by atoms with Crippen LogP contribution in [0.2, 0.25) is 0 Å². The number of hydrogen-bond acceptors (Lipinski definition) is 3. The molecule has 1 aromatic rings. The lowest BCUT2D eigenvalue weighted by Gasteiger charge is -2.13. The van der Waals surface area contributed by atoms with Crippen molar-refractivity contribution in [3.8, 4) is 5.75 Å². The number of benzene rings is 1. The third-order valence-corrected chi connectivity index (χ3v) is 3.54. The summed E-state index contributed by atoms with van der Waals surface area (Å²) in [5.74, 6) is 1.72. The van der Waals surface area contributed by atoms with E-state index in [0.717, 1.165) is 22.7 Å². The van der Waals surface area contributed by atoms with Gasteiger partial charge < -0.3 is 15.2 Å². The Balaban J connectivity index is 1.57. The molecule has 0 aromatic heterocycles. The molecule has 0 bridgehead atoms. The largest absolute Gasteiger partial charge is 0.491 e. The summed E-state index contributed by atoms with van der Waals surface area (Å²) < 4.78 is 6.50. The van der Waals surface area contributed by atoms with E-state index in [4.69, 9.17) is 4.74 Å². The molecular formula is C14H20BrNO2. The van der Waals surface area contributed by atoms with Gasteiger partial charge >= 0.3 is 0 Å². The first-order valence-corrected chi connectivity index (χ1v) is 7.30. The number of nitrogens with one attached hydrogen (secondary N) is 1. The molecule has 1 aromatic carbocycles. The number of ether oxygens (including phenoxy) is 1. The molecule has 100 valence electrons. The lowest BCUT2D eigenvalue weighted by Crippen LogP contribution is -2.32. The van der Waals surface area contributed by atoms with Crippen LogP contribution in [0.3, 0.4) is 0 Å². The second kappa shape index (κ2) is 7.12. The van der Waals surface area contributed by atoms with Gasteiger partial charge in [-0.05, 0) is 37.1 Å². The van der Waals surface area contributed by atoms with Gasteiger partial charge in [0.2, 0.25) is 0 Å². The van der Waals surface area contributed by atoms with Crippen molar-refractivity contribution >= 4 is 15.9 Å². The van der Waals surface area contributed by atoms with Gasteiger partial charge in [-0.2, -0.15) is 0 Å². The molecule has 4 heteroatoms. The van der Waals surface area contributed by atoms with Crippen molar-refractivity contribution in [2.75, 3.05) is 19.7 Å². The highest BCUT2D eigenvalue weighted by Gasteiger charge is 2.20. The SMILES string of the molecule is OC(CNCCC1CC1)COc1cccc(Br)c1. The van der Waals surface area contributed by atoms with Crippen LogP contribution < -0.4 is 10.1 Å². The normalized spacial score (nSPS) is 16.6. The lowest BCUT2D eigenvalue weighted by molar-refractivity contribution is 0.106. The van der Waals surface area contributed by atoms with Crippen LogP contribution in [0.4, 0.5) is 0 Å². The lowest BCUT2D eigenvalue weighted by atomic mass is 10.3. The molecule has 0 amide bonds. The molecule has 2 rings (SSSR count). The fourth-order valence-corrected chi connectivity index (χ4v) is 2.17. The maximum Gasteiger partial charge on any atom is 0.120 e. The first kappa shape index (κ1) is 13.8. The van der Waals surface area contributed by atoms with E-state index < -0.39 is 6.10 Å². The van der Waals surface area contributed by atoms with E-state index >= 15 is 0 Å². The minimum Gasteiger partial charge on any atom is -0.491 e. The van der Waals surface area contributed by atoms with E-state index in [1.807, 2.05) is 24.3 Å². The van der Waals surface area contributed by atoms with Gasteiger partial charge in [0, 0.05) is 11.0 Å². The van der Waals surface area contributed by atoms with Gasteiger partial charge in [-0.15, -0.1) is 0 Å². The van der Waals surface area contributed by atoms with Crippen LogP contribution in [0.5, 0.6) is 5.75 Å². The smallest absolute Gasteiger partial charge is 0.120 e. The van der Waals surface area contributed by atoms with Crippen LogP contribution in [0, 0.1) is 5.92 Å². The average molecular weight is 314 g/mol. The van der Waals surface area contributed by atoms with E-state index in [1.54, 1.807) is 0 Å². The topological polar surface area (TPSA) is 41.5 Å². The van der Waals surface area contributed by atoms with Crippen LogP contribution in [0.25, 0.3) is 0 Å². The first-order valence-electron chi connectivity index (χ1n) is 6.51. The average Bonchev–Trinajstić information content (AvgIpc) is 3.16. The van der Waals surface area contributed by atoms with E-state index in [9.17, 15) is 5.11 Å². The zero-order valence-electron chi connectivity index (χ0n) is 10.4. The Morgan fingerprint density at radius 2 is 2.28 bits per heavy atom. The molecule has 1 unspecified atom stereocenters. The van der Waals surface area contributed by atoms with Gasteiger partial charge in [0.1, 0.15) is 18.5 Å². The highest BCUT2D eigenvalue weighted by Crippen LogP contribution is 2.31. The molecule has 3 nitrogen and oxygen atoms in total. The summed E-state index contributed by atoms with van der Waals surface area (Å²) in [5, 5.41) is 13.0. The molecule has 1 aliphatic rings. The quantitative estimate of drug-likeness (QED) is 0.725. The number of aliphatic hydroxyl groups is 1. The fourth-order valence-electron chi connectivity index (χ4n) is 1.79. The van der Waals surface area contributed by atoms with Crippen LogP contribution in [-0.4, -0.2) is 30.9 Å². The third-order valence-electron chi connectivity index (χ3n) is 3.04. The Kier molecular flexibility index (Phi) is 5.47. The van der Waals surface area contributed by atoms with E-state index in [1.165, 1.54) is 19.3 Å². The van der Waals surface area contributed by atoms with Gasteiger partial charge in [-0.3, -0.25) is 0 Å². The highest BCUT2D eigenvalue weighted by molar-refractivity contribution is 9.10. The predicted molar refractivity (Wildman–Crippen MR) is 75.9 cm³/mol. The molecule has 0 radical (unpaired) electrons. The minimum atomic E-state index is -0.455. The molecule has 2 N–H and O–H groups in total. The molecule has 1 atom stereocenters. The maximum absolute atomic E-state index is 9.76. The van der Waals surface area contributed by atoms with Crippen molar-refractivity contribution in [1.82, 2.24) is 5.32 Å². The molecule has 0 saturated heterocycles. The van der Waals surface area contributed by atoms with Crippen LogP contribution >= 0.6 is 15.9 Å². The zero-order chi connectivity index (χ0) is 12.8. The summed E-state index contributed by atoms with van der Waals surface area (Å²) in [6, 6.07) is 7.65. The first-order chi connectivity index (χ1) is 8.74. The van der Waals surface area contributed by atoms with E-state index in [0.29, 0.717) is 13.2 Å². The van der Waals surface area contributed by atoms with Crippen molar-refractivity contribution < 1.29 is 9.84 Å². The Labute approximate surface area is 117 Å². The zero-order valence-corrected chi connectivity index (χ0v) is 12.0. The molecular weight excluding hydrogens is 294 g/mol. The second-order valence-corrected chi connectivity index (χ2v) is 5.77. The molecule has 0 heterocycles.